The van der Waals surface area contributed by atoms with Gasteiger partial charge in [0.05, 0.1) is 6.07 Å². The largest absolute Gasteiger partial charge is 0.464 e. The van der Waals surface area contributed by atoms with Gasteiger partial charge in [0, 0.05) is 0 Å². The van der Waals surface area contributed by atoms with Crippen LogP contribution in [0.5, 0.6) is 29.0 Å². The fraction of sp³-hybridized carbons (Fsp3) is 0.200. The second-order valence-electron chi connectivity index (χ2n) is 4.00. The molecule has 6 nitrogen and oxygen atoms in total. The fourth-order valence-corrected chi connectivity index (χ4v) is 1.74. The number of ether oxygens (including phenoxy) is 4. The number of aromatic nitrogens is 2. The van der Waals surface area contributed by atoms with Crippen molar-refractivity contribution in [1.82, 2.24) is 9.97 Å². The molecule has 1 aromatic heterocycles. The lowest BCUT2D eigenvalue weighted by Gasteiger charge is -2.08. The Bertz CT molecular complexity index is 706. The molecule has 1 aliphatic heterocycles. The van der Waals surface area contributed by atoms with Crippen LogP contribution in [0, 0.1) is 11.8 Å². The second-order valence-corrected chi connectivity index (χ2v) is 4.00. The van der Waals surface area contributed by atoms with Crippen LogP contribution in [0.4, 0.5) is 0 Å². The molecule has 0 atom stereocenters. The Balaban J connectivity index is 1.77. The van der Waals surface area contributed by atoms with Gasteiger partial charge in [-0.15, -0.1) is 5.92 Å². The summed E-state index contributed by atoms with van der Waals surface area (Å²) >= 11 is 0. The number of hydrogen-bond acceptors (Lipinski definition) is 6. The Kier molecular flexibility index (Phi) is 3.74. The molecule has 3 rings (SSSR count). The molecule has 0 bridgehead atoms. The van der Waals surface area contributed by atoms with Crippen molar-refractivity contribution >= 4 is 0 Å². The lowest BCUT2D eigenvalue weighted by Crippen LogP contribution is -1.98. The Morgan fingerprint density at radius 1 is 1.24 bits per heavy atom. The molecule has 0 saturated carbocycles. The zero-order valence-corrected chi connectivity index (χ0v) is 11.3. The highest BCUT2D eigenvalue weighted by atomic mass is 16.7. The summed E-state index contributed by atoms with van der Waals surface area (Å²) in [6.45, 7) is 2.20. The van der Waals surface area contributed by atoms with E-state index in [2.05, 4.69) is 21.8 Å². The van der Waals surface area contributed by atoms with Crippen molar-refractivity contribution < 1.29 is 18.9 Å². The van der Waals surface area contributed by atoms with E-state index in [1.165, 1.54) is 6.33 Å². The topological polar surface area (TPSA) is 62.7 Å². The third kappa shape index (κ3) is 2.98. The molecule has 2 aromatic rings. The lowest BCUT2D eigenvalue weighted by atomic mass is 10.3. The van der Waals surface area contributed by atoms with Crippen molar-refractivity contribution in [1.29, 1.82) is 0 Å². The minimum atomic E-state index is 0.184. The van der Waals surface area contributed by atoms with Gasteiger partial charge in [-0.25, -0.2) is 9.97 Å². The van der Waals surface area contributed by atoms with E-state index in [0.717, 1.165) is 0 Å². The van der Waals surface area contributed by atoms with Crippen LogP contribution in [-0.4, -0.2) is 23.4 Å². The van der Waals surface area contributed by atoms with Gasteiger partial charge in [-0.1, -0.05) is 12.0 Å². The molecule has 0 spiro atoms. The minimum absolute atomic E-state index is 0.184. The van der Waals surface area contributed by atoms with Gasteiger partial charge in [0.25, 0.3) is 0 Å². The number of para-hydroxylation sites is 1. The van der Waals surface area contributed by atoms with Crippen LogP contribution in [0.15, 0.2) is 30.6 Å². The molecule has 0 radical (unpaired) electrons. The van der Waals surface area contributed by atoms with Crippen molar-refractivity contribution in [2.24, 2.45) is 0 Å². The fourth-order valence-electron chi connectivity index (χ4n) is 1.74. The number of benzene rings is 1. The molecule has 2 heterocycles. The molecule has 1 aromatic carbocycles. The molecule has 0 amide bonds. The van der Waals surface area contributed by atoms with Crippen LogP contribution in [0.2, 0.25) is 0 Å². The maximum Gasteiger partial charge on any atom is 0.231 e. The van der Waals surface area contributed by atoms with Crippen molar-refractivity contribution in [3.8, 4) is 40.8 Å². The first-order chi connectivity index (χ1) is 10.4. The smallest absolute Gasteiger partial charge is 0.231 e. The van der Waals surface area contributed by atoms with Crippen molar-refractivity contribution in [3.05, 3.63) is 30.6 Å². The highest BCUT2D eigenvalue weighted by molar-refractivity contribution is 5.53. The lowest BCUT2D eigenvalue weighted by molar-refractivity contribution is 0.171. The van der Waals surface area contributed by atoms with Crippen molar-refractivity contribution in [2.45, 2.75) is 6.92 Å². The van der Waals surface area contributed by atoms with Gasteiger partial charge in [0.1, 0.15) is 6.33 Å². The summed E-state index contributed by atoms with van der Waals surface area (Å²) in [5.41, 5.74) is 0. The summed E-state index contributed by atoms with van der Waals surface area (Å²) in [7, 11) is 0. The van der Waals surface area contributed by atoms with E-state index in [1.807, 2.05) is 12.1 Å². The van der Waals surface area contributed by atoms with Crippen LogP contribution < -0.4 is 18.9 Å². The summed E-state index contributed by atoms with van der Waals surface area (Å²) in [5.74, 6) is 8.03. The molecule has 106 valence electrons. The Labute approximate surface area is 121 Å². The Hall–Kier alpha value is -2.94. The Morgan fingerprint density at radius 2 is 2.14 bits per heavy atom. The van der Waals surface area contributed by atoms with Gasteiger partial charge in [-0.05, 0) is 19.1 Å². The van der Waals surface area contributed by atoms with E-state index in [0.29, 0.717) is 29.0 Å². The highest BCUT2D eigenvalue weighted by Crippen LogP contribution is 2.42. The summed E-state index contributed by atoms with van der Waals surface area (Å²) in [5, 5.41) is 0. The zero-order valence-electron chi connectivity index (χ0n) is 11.3. The first-order valence-electron chi connectivity index (χ1n) is 6.28. The predicted molar refractivity (Wildman–Crippen MR) is 73.6 cm³/mol. The van der Waals surface area contributed by atoms with Crippen molar-refractivity contribution in [2.75, 3.05) is 13.4 Å². The molecule has 0 aliphatic carbocycles. The number of nitrogens with zero attached hydrogens (tertiary/aromatic N) is 2. The second kappa shape index (κ2) is 6.01. The van der Waals surface area contributed by atoms with E-state index in [1.54, 1.807) is 19.1 Å². The maximum absolute atomic E-state index is 5.70. The highest BCUT2D eigenvalue weighted by Gasteiger charge is 2.19. The zero-order chi connectivity index (χ0) is 14.5. The third-order valence-electron chi connectivity index (χ3n) is 2.66. The van der Waals surface area contributed by atoms with Crippen LogP contribution in [0.1, 0.15) is 6.92 Å². The molecule has 6 heteroatoms. The van der Waals surface area contributed by atoms with E-state index < -0.39 is 0 Å². The molecule has 0 N–H and O–H groups in total. The Morgan fingerprint density at radius 3 is 3.05 bits per heavy atom. The molecule has 0 unspecified atom stereocenters. The molecular formula is C15H12N2O4. The summed E-state index contributed by atoms with van der Waals surface area (Å²) in [4.78, 5) is 8.03. The average Bonchev–Trinajstić information content (AvgIpc) is 2.98. The van der Waals surface area contributed by atoms with E-state index in [-0.39, 0.29) is 13.4 Å². The molecule has 0 fully saturated rings. The maximum atomic E-state index is 5.70. The summed E-state index contributed by atoms with van der Waals surface area (Å²) in [6, 6.07) is 7.00. The average molecular weight is 284 g/mol. The molecule has 0 saturated heterocycles. The number of hydrogen-bond donors (Lipinski definition) is 0. The van der Waals surface area contributed by atoms with Crippen LogP contribution in [-0.2, 0) is 0 Å². The number of fused-ring (bicyclic) bond motifs is 1. The van der Waals surface area contributed by atoms with E-state index >= 15 is 0 Å². The normalized spacial score (nSPS) is 11.5. The van der Waals surface area contributed by atoms with Crippen LogP contribution >= 0.6 is 0 Å². The van der Waals surface area contributed by atoms with Gasteiger partial charge in [-0.2, -0.15) is 0 Å². The quantitative estimate of drug-likeness (QED) is 0.803. The predicted octanol–water partition coefficient (Wildman–Crippen LogP) is 2.40. The first kappa shape index (κ1) is 13.1. The van der Waals surface area contributed by atoms with Gasteiger partial charge in [0.15, 0.2) is 18.1 Å². The number of rotatable bonds is 4. The van der Waals surface area contributed by atoms with E-state index in [4.69, 9.17) is 18.9 Å². The monoisotopic (exact) mass is 284 g/mol. The van der Waals surface area contributed by atoms with Crippen LogP contribution in [0.25, 0.3) is 0 Å². The molecule has 1 aliphatic rings. The van der Waals surface area contributed by atoms with Gasteiger partial charge in [0.2, 0.25) is 24.3 Å². The SMILES string of the molecule is CC#CCOc1cc(Oc2cccc3c2OCO3)ncn1. The van der Waals surface area contributed by atoms with E-state index in [9.17, 15) is 0 Å². The first-order valence-corrected chi connectivity index (χ1v) is 6.28. The van der Waals surface area contributed by atoms with Gasteiger partial charge in [-0.3, -0.25) is 0 Å². The standard InChI is InChI=1S/C15H12N2O4/c1-2-3-7-18-13-8-14(17-9-16-13)21-12-6-4-5-11-15(12)20-10-19-11/h4-6,8-9H,7,10H2,1H3. The minimum Gasteiger partial charge on any atom is -0.464 e. The summed E-state index contributed by atoms with van der Waals surface area (Å²) in [6.07, 6.45) is 1.37. The molecule has 21 heavy (non-hydrogen) atoms. The van der Waals surface area contributed by atoms with Gasteiger partial charge < -0.3 is 18.9 Å². The van der Waals surface area contributed by atoms with Crippen LogP contribution in [0.3, 0.4) is 0 Å². The summed E-state index contributed by atoms with van der Waals surface area (Å²) < 4.78 is 21.7. The van der Waals surface area contributed by atoms with Crippen molar-refractivity contribution in [3.63, 3.8) is 0 Å². The molecular weight excluding hydrogens is 272 g/mol. The third-order valence-corrected chi connectivity index (χ3v) is 2.66. The van der Waals surface area contributed by atoms with Gasteiger partial charge >= 0.3 is 0 Å².